The molecule has 0 aliphatic rings. The van der Waals surface area contributed by atoms with Crippen LogP contribution in [-0.2, 0) is 0 Å². The van der Waals surface area contributed by atoms with Gasteiger partial charge in [0.25, 0.3) is 0 Å². The van der Waals surface area contributed by atoms with E-state index in [1.165, 1.54) is 12.1 Å². The Labute approximate surface area is 104 Å². The van der Waals surface area contributed by atoms with Gasteiger partial charge in [0.05, 0.1) is 17.4 Å². The molecule has 1 N–H and O–H groups in total. The summed E-state index contributed by atoms with van der Waals surface area (Å²) in [5, 5.41) is 3.55. The molecule has 0 radical (unpaired) electrons. The molecule has 17 heavy (non-hydrogen) atoms. The molecule has 4 heteroatoms. The van der Waals surface area contributed by atoms with Crippen molar-refractivity contribution in [3.05, 3.63) is 59.1 Å². The smallest absolute Gasteiger partial charge is 0.146 e. The molecule has 0 bridgehead atoms. The highest BCUT2D eigenvalue weighted by atomic mass is 35.5. The Morgan fingerprint density at radius 2 is 2.12 bits per heavy atom. The number of anilines is 1. The largest absolute Gasteiger partial charge is 0.375 e. The van der Waals surface area contributed by atoms with Gasteiger partial charge in [-0.25, -0.2) is 4.39 Å². The van der Waals surface area contributed by atoms with Crippen LogP contribution in [0.3, 0.4) is 0 Å². The Morgan fingerprint density at radius 1 is 1.29 bits per heavy atom. The molecule has 1 heterocycles. The number of aromatic nitrogens is 1. The molecule has 0 amide bonds. The fraction of sp³-hybridized carbons (Fsp3) is 0.154. The van der Waals surface area contributed by atoms with Crippen LogP contribution < -0.4 is 5.32 Å². The molecule has 0 aliphatic carbocycles. The number of halogens is 2. The fourth-order valence-corrected chi connectivity index (χ4v) is 1.72. The normalized spacial score (nSPS) is 12.2. The predicted octanol–water partition coefficient (Wildman–Crippen LogP) is 4.05. The second-order valence-corrected chi connectivity index (χ2v) is 4.18. The summed E-state index contributed by atoms with van der Waals surface area (Å²) < 4.78 is 13.5. The van der Waals surface area contributed by atoms with E-state index < -0.39 is 0 Å². The van der Waals surface area contributed by atoms with Crippen molar-refractivity contribution in [2.24, 2.45) is 0 Å². The van der Waals surface area contributed by atoms with Crippen molar-refractivity contribution in [3.8, 4) is 0 Å². The van der Waals surface area contributed by atoms with Gasteiger partial charge in [-0.05, 0) is 37.3 Å². The molecule has 2 aromatic rings. The molecule has 1 aromatic carbocycles. The van der Waals surface area contributed by atoms with Gasteiger partial charge < -0.3 is 5.32 Å². The Bertz CT molecular complexity index is 502. The summed E-state index contributed by atoms with van der Waals surface area (Å²) in [6, 6.07) is 9.98. The average molecular weight is 251 g/mol. The van der Waals surface area contributed by atoms with Crippen molar-refractivity contribution in [1.82, 2.24) is 4.98 Å². The maximum atomic E-state index is 13.5. The fourth-order valence-electron chi connectivity index (χ4n) is 1.55. The molecule has 1 unspecified atom stereocenters. The minimum Gasteiger partial charge on any atom is -0.375 e. The number of pyridine rings is 1. The molecular formula is C13H12ClFN2. The van der Waals surface area contributed by atoms with Crippen LogP contribution in [0.15, 0.2) is 42.6 Å². The molecule has 2 nitrogen and oxygen atoms in total. The first kappa shape index (κ1) is 11.9. The van der Waals surface area contributed by atoms with E-state index in [0.29, 0.717) is 10.7 Å². The lowest BCUT2D eigenvalue weighted by Gasteiger charge is -2.15. The van der Waals surface area contributed by atoms with Crippen LogP contribution in [0.1, 0.15) is 18.7 Å². The van der Waals surface area contributed by atoms with Gasteiger partial charge in [-0.1, -0.05) is 17.7 Å². The van der Waals surface area contributed by atoms with Crippen molar-refractivity contribution in [2.45, 2.75) is 13.0 Å². The quantitative estimate of drug-likeness (QED) is 0.889. The molecule has 0 fully saturated rings. The van der Waals surface area contributed by atoms with Crippen LogP contribution in [0, 0.1) is 5.82 Å². The van der Waals surface area contributed by atoms with Gasteiger partial charge in [0.1, 0.15) is 5.82 Å². The molecule has 0 saturated heterocycles. The van der Waals surface area contributed by atoms with Gasteiger partial charge >= 0.3 is 0 Å². The van der Waals surface area contributed by atoms with E-state index in [9.17, 15) is 4.39 Å². The Balaban J connectivity index is 2.18. The first-order valence-corrected chi connectivity index (χ1v) is 5.67. The zero-order valence-corrected chi connectivity index (χ0v) is 10.1. The standard InChI is InChI=1S/C13H12ClFN2/c1-9(12-4-2-3-7-16-12)17-13-8-10(14)5-6-11(13)15/h2-9,17H,1H3. The summed E-state index contributed by atoms with van der Waals surface area (Å²) in [4.78, 5) is 4.21. The molecule has 1 aromatic heterocycles. The Kier molecular flexibility index (Phi) is 3.59. The molecule has 1 atom stereocenters. The zero-order chi connectivity index (χ0) is 12.3. The zero-order valence-electron chi connectivity index (χ0n) is 9.32. The van der Waals surface area contributed by atoms with Crippen molar-refractivity contribution < 1.29 is 4.39 Å². The Hall–Kier alpha value is -1.61. The third-order valence-corrected chi connectivity index (χ3v) is 2.67. The van der Waals surface area contributed by atoms with Crippen molar-refractivity contribution in [1.29, 1.82) is 0 Å². The SMILES string of the molecule is CC(Nc1cc(Cl)ccc1F)c1ccccn1. The van der Waals surface area contributed by atoms with Crippen LogP contribution in [0.2, 0.25) is 5.02 Å². The monoisotopic (exact) mass is 250 g/mol. The van der Waals surface area contributed by atoms with Crippen molar-refractivity contribution in [2.75, 3.05) is 5.32 Å². The lowest BCUT2D eigenvalue weighted by Crippen LogP contribution is -2.09. The van der Waals surface area contributed by atoms with Crippen LogP contribution >= 0.6 is 11.6 Å². The van der Waals surface area contributed by atoms with Crippen LogP contribution in [0.5, 0.6) is 0 Å². The summed E-state index contributed by atoms with van der Waals surface area (Å²) in [5.74, 6) is -0.322. The molecular weight excluding hydrogens is 239 g/mol. The predicted molar refractivity (Wildman–Crippen MR) is 67.7 cm³/mol. The van der Waals surface area contributed by atoms with E-state index in [2.05, 4.69) is 10.3 Å². The summed E-state index contributed by atoms with van der Waals surface area (Å²) in [6.07, 6.45) is 1.71. The number of hydrogen-bond donors (Lipinski definition) is 1. The van der Waals surface area contributed by atoms with Crippen LogP contribution in [-0.4, -0.2) is 4.98 Å². The van der Waals surface area contributed by atoms with E-state index in [1.807, 2.05) is 25.1 Å². The van der Waals surface area contributed by atoms with E-state index in [0.717, 1.165) is 5.69 Å². The van der Waals surface area contributed by atoms with Crippen LogP contribution in [0.4, 0.5) is 10.1 Å². The highest BCUT2D eigenvalue weighted by molar-refractivity contribution is 6.30. The third kappa shape index (κ3) is 2.94. The van der Waals surface area contributed by atoms with Gasteiger partial charge in [-0.2, -0.15) is 0 Å². The number of benzene rings is 1. The molecule has 88 valence electrons. The maximum Gasteiger partial charge on any atom is 0.146 e. The van der Waals surface area contributed by atoms with E-state index in [-0.39, 0.29) is 11.9 Å². The lowest BCUT2D eigenvalue weighted by molar-refractivity contribution is 0.627. The highest BCUT2D eigenvalue weighted by Crippen LogP contribution is 2.23. The number of hydrogen-bond acceptors (Lipinski definition) is 2. The number of nitrogens with zero attached hydrogens (tertiary/aromatic N) is 1. The Morgan fingerprint density at radius 3 is 2.82 bits per heavy atom. The molecule has 0 aliphatic heterocycles. The van der Waals surface area contributed by atoms with Gasteiger partial charge in [0.2, 0.25) is 0 Å². The van der Waals surface area contributed by atoms with Gasteiger partial charge in [-0.15, -0.1) is 0 Å². The summed E-state index contributed by atoms with van der Waals surface area (Å²) in [7, 11) is 0. The van der Waals surface area contributed by atoms with Crippen molar-refractivity contribution in [3.63, 3.8) is 0 Å². The molecule has 0 spiro atoms. The third-order valence-electron chi connectivity index (χ3n) is 2.43. The number of nitrogens with one attached hydrogen (secondary N) is 1. The minimum absolute atomic E-state index is 0.0795. The van der Waals surface area contributed by atoms with Crippen molar-refractivity contribution >= 4 is 17.3 Å². The van der Waals surface area contributed by atoms with Gasteiger partial charge in [-0.3, -0.25) is 4.98 Å². The maximum absolute atomic E-state index is 13.5. The minimum atomic E-state index is -0.322. The van der Waals surface area contributed by atoms with E-state index in [1.54, 1.807) is 12.3 Å². The lowest BCUT2D eigenvalue weighted by atomic mass is 10.2. The average Bonchev–Trinajstić information content (AvgIpc) is 2.35. The summed E-state index contributed by atoms with van der Waals surface area (Å²) >= 11 is 5.82. The highest BCUT2D eigenvalue weighted by Gasteiger charge is 2.09. The second-order valence-electron chi connectivity index (χ2n) is 3.74. The summed E-state index contributed by atoms with van der Waals surface area (Å²) in [6.45, 7) is 1.92. The first-order valence-electron chi connectivity index (χ1n) is 5.29. The second kappa shape index (κ2) is 5.15. The van der Waals surface area contributed by atoms with E-state index in [4.69, 9.17) is 11.6 Å². The molecule has 0 saturated carbocycles. The first-order chi connectivity index (χ1) is 8.16. The number of rotatable bonds is 3. The molecule has 2 rings (SSSR count). The summed E-state index contributed by atoms with van der Waals surface area (Å²) in [5.41, 5.74) is 1.24. The van der Waals surface area contributed by atoms with E-state index >= 15 is 0 Å². The topological polar surface area (TPSA) is 24.9 Å². The van der Waals surface area contributed by atoms with Gasteiger partial charge in [0, 0.05) is 11.2 Å². The van der Waals surface area contributed by atoms with Crippen LogP contribution in [0.25, 0.3) is 0 Å². The van der Waals surface area contributed by atoms with Gasteiger partial charge in [0.15, 0.2) is 0 Å².